The van der Waals surface area contributed by atoms with Crippen LogP contribution in [0.3, 0.4) is 0 Å². The molecular formula is C14H18N2O2S2. The standard InChI is InChI=1S/C14H18N2O2S2/c1-11-3-2-4-12(9-11)5-7-16-20(17,18)14-6-8-19-13(14)10-15/h2-4,6,8-9,16H,5,7,10,15H2,1H3. The smallest absolute Gasteiger partial charge is 0.241 e. The van der Waals surface area contributed by atoms with Crippen molar-refractivity contribution in [1.82, 2.24) is 4.72 Å². The number of thiophene rings is 1. The van der Waals surface area contributed by atoms with E-state index in [1.807, 2.05) is 25.1 Å². The molecule has 0 bridgehead atoms. The number of hydrogen-bond acceptors (Lipinski definition) is 4. The van der Waals surface area contributed by atoms with Crippen LogP contribution in [-0.2, 0) is 23.0 Å². The molecule has 2 rings (SSSR count). The Morgan fingerprint density at radius 1 is 1.30 bits per heavy atom. The van der Waals surface area contributed by atoms with Crippen LogP contribution < -0.4 is 10.5 Å². The summed E-state index contributed by atoms with van der Waals surface area (Å²) in [5, 5.41) is 1.75. The van der Waals surface area contributed by atoms with E-state index < -0.39 is 10.0 Å². The maximum atomic E-state index is 12.2. The van der Waals surface area contributed by atoms with Gasteiger partial charge in [0.05, 0.1) is 4.90 Å². The van der Waals surface area contributed by atoms with Crippen LogP contribution in [0.25, 0.3) is 0 Å². The van der Waals surface area contributed by atoms with Crippen molar-refractivity contribution in [3.8, 4) is 0 Å². The zero-order valence-electron chi connectivity index (χ0n) is 11.3. The molecule has 0 amide bonds. The van der Waals surface area contributed by atoms with Crippen molar-refractivity contribution in [1.29, 1.82) is 0 Å². The van der Waals surface area contributed by atoms with Crippen molar-refractivity contribution in [3.05, 3.63) is 51.7 Å². The highest BCUT2D eigenvalue weighted by atomic mass is 32.2. The molecule has 0 spiro atoms. The fourth-order valence-electron chi connectivity index (χ4n) is 1.99. The monoisotopic (exact) mass is 310 g/mol. The first-order valence-electron chi connectivity index (χ1n) is 6.34. The summed E-state index contributed by atoms with van der Waals surface area (Å²) in [6.45, 7) is 2.64. The van der Waals surface area contributed by atoms with Crippen LogP contribution in [0, 0.1) is 6.92 Å². The first-order valence-corrected chi connectivity index (χ1v) is 8.71. The van der Waals surface area contributed by atoms with E-state index in [4.69, 9.17) is 5.73 Å². The molecule has 0 atom stereocenters. The molecule has 108 valence electrons. The average molecular weight is 310 g/mol. The lowest BCUT2D eigenvalue weighted by Gasteiger charge is -2.07. The van der Waals surface area contributed by atoms with Crippen molar-refractivity contribution < 1.29 is 8.42 Å². The van der Waals surface area contributed by atoms with Gasteiger partial charge < -0.3 is 5.73 Å². The van der Waals surface area contributed by atoms with Gasteiger partial charge in [-0.3, -0.25) is 0 Å². The maximum absolute atomic E-state index is 12.2. The Morgan fingerprint density at radius 2 is 2.10 bits per heavy atom. The predicted octanol–water partition coefficient (Wildman–Crippen LogP) is 2.04. The van der Waals surface area contributed by atoms with Crippen LogP contribution in [-0.4, -0.2) is 15.0 Å². The molecule has 0 fully saturated rings. The molecule has 0 saturated carbocycles. The zero-order valence-corrected chi connectivity index (χ0v) is 12.9. The molecule has 0 aliphatic carbocycles. The lowest BCUT2D eigenvalue weighted by atomic mass is 10.1. The normalized spacial score (nSPS) is 11.7. The highest BCUT2D eigenvalue weighted by molar-refractivity contribution is 7.89. The molecule has 0 saturated heterocycles. The van der Waals surface area contributed by atoms with Gasteiger partial charge in [0.15, 0.2) is 0 Å². The lowest BCUT2D eigenvalue weighted by Crippen LogP contribution is -2.26. The predicted molar refractivity (Wildman–Crippen MR) is 82.3 cm³/mol. The number of sulfonamides is 1. The van der Waals surface area contributed by atoms with Crippen LogP contribution in [0.5, 0.6) is 0 Å². The zero-order chi connectivity index (χ0) is 14.6. The minimum absolute atomic E-state index is 0.242. The average Bonchev–Trinajstić information content (AvgIpc) is 2.87. The second-order valence-electron chi connectivity index (χ2n) is 4.55. The Labute approximate surface area is 123 Å². The molecule has 2 aromatic rings. The topological polar surface area (TPSA) is 72.2 Å². The summed E-state index contributed by atoms with van der Waals surface area (Å²) in [7, 11) is -3.46. The van der Waals surface area contributed by atoms with E-state index >= 15 is 0 Å². The summed E-state index contributed by atoms with van der Waals surface area (Å²) >= 11 is 1.36. The van der Waals surface area contributed by atoms with Crippen LogP contribution >= 0.6 is 11.3 Å². The molecule has 1 aromatic carbocycles. The highest BCUT2D eigenvalue weighted by Crippen LogP contribution is 2.21. The minimum atomic E-state index is -3.46. The van der Waals surface area contributed by atoms with Crippen molar-refractivity contribution in [3.63, 3.8) is 0 Å². The fraction of sp³-hybridized carbons (Fsp3) is 0.286. The van der Waals surface area contributed by atoms with Gasteiger partial charge in [-0.25, -0.2) is 13.1 Å². The van der Waals surface area contributed by atoms with E-state index in [0.717, 1.165) is 5.56 Å². The Balaban J connectivity index is 2.00. The summed E-state index contributed by atoms with van der Waals surface area (Å²) in [6.07, 6.45) is 0.670. The Hall–Kier alpha value is -1.21. The molecule has 0 aliphatic rings. The van der Waals surface area contributed by atoms with Crippen LogP contribution in [0.4, 0.5) is 0 Å². The van der Waals surface area contributed by atoms with Crippen molar-refractivity contribution in [2.45, 2.75) is 24.8 Å². The van der Waals surface area contributed by atoms with Crippen molar-refractivity contribution >= 4 is 21.4 Å². The van der Waals surface area contributed by atoms with Gasteiger partial charge in [0.1, 0.15) is 0 Å². The maximum Gasteiger partial charge on any atom is 0.241 e. The third kappa shape index (κ3) is 3.67. The van der Waals surface area contributed by atoms with Gasteiger partial charge in [-0.15, -0.1) is 11.3 Å². The molecule has 6 heteroatoms. The van der Waals surface area contributed by atoms with Gasteiger partial charge in [0.2, 0.25) is 10.0 Å². The van der Waals surface area contributed by atoms with Gasteiger partial charge in [0, 0.05) is 18.0 Å². The quantitative estimate of drug-likeness (QED) is 0.857. The van der Waals surface area contributed by atoms with Gasteiger partial charge in [-0.1, -0.05) is 29.8 Å². The summed E-state index contributed by atoms with van der Waals surface area (Å²) in [5.74, 6) is 0. The molecule has 1 heterocycles. The first-order chi connectivity index (χ1) is 9.53. The largest absolute Gasteiger partial charge is 0.326 e. The second-order valence-corrected chi connectivity index (χ2v) is 7.29. The van der Waals surface area contributed by atoms with Gasteiger partial charge in [-0.05, 0) is 30.4 Å². The molecule has 0 unspecified atom stereocenters. The Bertz CT molecular complexity index is 678. The van der Waals surface area contributed by atoms with E-state index in [1.54, 1.807) is 11.4 Å². The molecule has 0 radical (unpaired) electrons. The number of rotatable bonds is 6. The number of benzene rings is 1. The Morgan fingerprint density at radius 3 is 2.80 bits per heavy atom. The van der Waals surface area contributed by atoms with E-state index in [9.17, 15) is 8.42 Å². The second kappa shape index (κ2) is 6.49. The van der Waals surface area contributed by atoms with E-state index in [-0.39, 0.29) is 6.54 Å². The molecule has 1 aromatic heterocycles. The van der Waals surface area contributed by atoms with Gasteiger partial charge in [-0.2, -0.15) is 0 Å². The molecule has 3 N–H and O–H groups in total. The summed E-state index contributed by atoms with van der Waals surface area (Å²) in [4.78, 5) is 0.988. The fourth-order valence-corrected chi connectivity index (χ4v) is 4.36. The number of hydrogen-bond donors (Lipinski definition) is 2. The SMILES string of the molecule is Cc1cccc(CCNS(=O)(=O)c2ccsc2CN)c1. The number of nitrogens with one attached hydrogen (secondary N) is 1. The molecular weight excluding hydrogens is 292 g/mol. The van der Waals surface area contributed by atoms with Gasteiger partial charge in [0.25, 0.3) is 0 Å². The van der Waals surface area contributed by atoms with E-state index in [0.29, 0.717) is 22.7 Å². The van der Waals surface area contributed by atoms with E-state index in [1.165, 1.54) is 16.9 Å². The Kier molecular flexibility index (Phi) is 4.93. The highest BCUT2D eigenvalue weighted by Gasteiger charge is 2.18. The lowest BCUT2D eigenvalue weighted by molar-refractivity contribution is 0.581. The minimum Gasteiger partial charge on any atom is -0.326 e. The van der Waals surface area contributed by atoms with Crippen LogP contribution in [0.1, 0.15) is 16.0 Å². The van der Waals surface area contributed by atoms with Crippen molar-refractivity contribution in [2.24, 2.45) is 5.73 Å². The summed E-state index contributed by atoms with van der Waals surface area (Å²) in [6, 6.07) is 9.65. The van der Waals surface area contributed by atoms with Crippen LogP contribution in [0.2, 0.25) is 0 Å². The summed E-state index contributed by atoms with van der Waals surface area (Å²) in [5.41, 5.74) is 7.84. The first kappa shape index (κ1) is 15.2. The third-order valence-electron chi connectivity index (χ3n) is 2.97. The number of aryl methyl sites for hydroxylation is 1. The van der Waals surface area contributed by atoms with E-state index in [2.05, 4.69) is 10.8 Å². The van der Waals surface area contributed by atoms with Gasteiger partial charge >= 0.3 is 0 Å². The van der Waals surface area contributed by atoms with Crippen LogP contribution in [0.15, 0.2) is 40.6 Å². The molecule has 0 aliphatic heterocycles. The third-order valence-corrected chi connectivity index (χ3v) is 5.59. The summed E-state index contributed by atoms with van der Waals surface area (Å²) < 4.78 is 27.0. The van der Waals surface area contributed by atoms with Crippen molar-refractivity contribution in [2.75, 3.05) is 6.54 Å². The molecule has 4 nitrogen and oxygen atoms in total. The molecule has 20 heavy (non-hydrogen) atoms. The number of nitrogens with two attached hydrogens (primary N) is 1.